The lowest BCUT2D eigenvalue weighted by atomic mass is 10.1. The number of alkyl halides is 6. The van der Waals surface area contributed by atoms with Crippen molar-refractivity contribution in [2.45, 2.75) is 48.2 Å². The van der Waals surface area contributed by atoms with E-state index in [4.69, 9.17) is 0 Å². The quantitative estimate of drug-likeness (QED) is 0.0998. The van der Waals surface area contributed by atoms with Crippen LogP contribution in [0.5, 0.6) is 0 Å². The summed E-state index contributed by atoms with van der Waals surface area (Å²) in [5, 5.41) is 0. The average molecular weight is 865 g/mol. The molecular weight excluding hydrogens is 841 g/mol. The summed E-state index contributed by atoms with van der Waals surface area (Å²) in [6.07, 6.45) is -14.8. The van der Waals surface area contributed by atoms with Crippen molar-refractivity contribution in [1.82, 2.24) is 0 Å². The molecule has 4 aromatic carbocycles. The molecule has 0 aliphatic heterocycles. The number of hydrogen-bond donors (Lipinski definition) is 0. The van der Waals surface area contributed by atoms with Gasteiger partial charge in [0, 0.05) is 8.04 Å². The van der Waals surface area contributed by atoms with Crippen molar-refractivity contribution in [3.63, 3.8) is 0 Å². The molecule has 2 atom stereocenters. The Morgan fingerprint density at radius 3 is 1.17 bits per heavy atom. The second-order valence-electron chi connectivity index (χ2n) is 9.67. The Balaban J connectivity index is 0.000000250. The van der Waals surface area contributed by atoms with E-state index in [1.807, 2.05) is 22.6 Å². The van der Waals surface area contributed by atoms with E-state index < -0.39 is 44.8 Å². The van der Waals surface area contributed by atoms with Gasteiger partial charge in [-0.1, -0.05) is 75.6 Å². The molecule has 16 heteroatoms. The standard InChI is InChI=1S/C15H12BrF3O3S.C15H12F3IO3S/c1-10-2-4-11(5-3-10)14(15(17,18)19)22-23(20,21)13-8-6-12(16)7-9-13;1-10-2-4-11(5-3-10)14(15(16,17)18)22-23(20,21)13-8-6-12(19)7-9-13/h2*2-9,14H,1H3. The van der Waals surface area contributed by atoms with E-state index in [-0.39, 0.29) is 20.9 Å². The van der Waals surface area contributed by atoms with Gasteiger partial charge in [-0.05, 0) is 96.1 Å². The van der Waals surface area contributed by atoms with E-state index in [1.165, 1.54) is 97.1 Å². The third-order valence-corrected chi connectivity index (χ3v) is 9.84. The Hall–Kier alpha value is -2.51. The molecule has 2 unspecified atom stereocenters. The Labute approximate surface area is 284 Å². The first-order valence-corrected chi connectivity index (χ1v) is 17.5. The van der Waals surface area contributed by atoms with Crippen molar-refractivity contribution < 1.29 is 51.5 Å². The summed E-state index contributed by atoms with van der Waals surface area (Å²) in [4.78, 5) is -0.665. The van der Waals surface area contributed by atoms with Crippen molar-refractivity contribution in [2.24, 2.45) is 0 Å². The fourth-order valence-electron chi connectivity index (χ4n) is 3.65. The Bertz CT molecular complexity index is 1680. The number of benzene rings is 4. The maximum absolute atomic E-state index is 13.2. The van der Waals surface area contributed by atoms with Gasteiger partial charge in [-0.3, -0.25) is 0 Å². The molecule has 4 rings (SSSR count). The molecule has 0 saturated heterocycles. The van der Waals surface area contributed by atoms with Gasteiger partial charge in [-0.15, -0.1) is 0 Å². The van der Waals surface area contributed by atoms with Crippen LogP contribution in [-0.4, -0.2) is 29.2 Å². The van der Waals surface area contributed by atoms with Gasteiger partial charge < -0.3 is 0 Å². The van der Waals surface area contributed by atoms with Crippen LogP contribution in [0.4, 0.5) is 26.3 Å². The van der Waals surface area contributed by atoms with Gasteiger partial charge in [0.1, 0.15) is 0 Å². The fraction of sp³-hybridized carbons (Fsp3) is 0.200. The van der Waals surface area contributed by atoms with Crippen LogP contribution in [0.15, 0.2) is 111 Å². The predicted octanol–water partition coefficient (Wildman–Crippen LogP) is 9.37. The molecule has 248 valence electrons. The lowest BCUT2D eigenvalue weighted by molar-refractivity contribution is -0.197. The molecule has 0 aliphatic carbocycles. The molecule has 0 radical (unpaired) electrons. The summed E-state index contributed by atoms with van der Waals surface area (Å²) in [6.45, 7) is 3.43. The Morgan fingerprint density at radius 1 is 0.565 bits per heavy atom. The fourth-order valence-corrected chi connectivity index (χ4v) is 6.38. The number of halogens is 8. The minimum absolute atomic E-state index is 0.266. The third kappa shape index (κ3) is 10.8. The Morgan fingerprint density at radius 2 is 0.870 bits per heavy atom. The molecule has 0 bridgehead atoms. The molecule has 0 fully saturated rings. The minimum atomic E-state index is -4.86. The summed E-state index contributed by atoms with van der Waals surface area (Å²) in [5.41, 5.74) is 0.974. The number of rotatable bonds is 8. The highest BCUT2D eigenvalue weighted by Gasteiger charge is 2.46. The normalized spacial score (nSPS) is 13.8. The van der Waals surface area contributed by atoms with Crippen LogP contribution in [0, 0.1) is 17.4 Å². The SMILES string of the molecule is Cc1ccc(C(OS(=O)(=O)c2ccc(Br)cc2)C(F)(F)F)cc1.Cc1ccc(C(OS(=O)(=O)c2ccc(I)cc2)C(F)(F)F)cc1. The molecule has 0 N–H and O–H groups in total. The molecular formula is C30H24BrF6IO6S2. The van der Waals surface area contributed by atoms with Crippen molar-refractivity contribution >= 4 is 58.8 Å². The zero-order valence-electron chi connectivity index (χ0n) is 23.7. The van der Waals surface area contributed by atoms with E-state index in [9.17, 15) is 43.2 Å². The molecule has 46 heavy (non-hydrogen) atoms. The zero-order chi connectivity index (χ0) is 34.5. The van der Waals surface area contributed by atoms with Crippen LogP contribution in [0.25, 0.3) is 0 Å². The molecule has 0 spiro atoms. The monoisotopic (exact) mass is 864 g/mol. The summed E-state index contributed by atoms with van der Waals surface area (Å²) < 4.78 is 138. The molecule has 0 aromatic heterocycles. The van der Waals surface area contributed by atoms with Crippen LogP contribution >= 0.6 is 38.5 Å². The van der Waals surface area contributed by atoms with Crippen LogP contribution in [0.1, 0.15) is 34.5 Å². The van der Waals surface area contributed by atoms with Crippen molar-refractivity contribution in [1.29, 1.82) is 0 Å². The first kappa shape index (κ1) is 37.9. The highest BCUT2D eigenvalue weighted by atomic mass is 127. The molecule has 6 nitrogen and oxygen atoms in total. The lowest BCUT2D eigenvalue weighted by Gasteiger charge is -2.21. The summed E-state index contributed by atoms with van der Waals surface area (Å²) in [5.74, 6) is 0. The summed E-state index contributed by atoms with van der Waals surface area (Å²) in [7, 11) is -9.10. The number of hydrogen-bond acceptors (Lipinski definition) is 6. The van der Waals surface area contributed by atoms with Crippen LogP contribution in [0.2, 0.25) is 0 Å². The zero-order valence-corrected chi connectivity index (χ0v) is 29.1. The molecule has 0 heterocycles. The predicted molar refractivity (Wildman–Crippen MR) is 170 cm³/mol. The summed E-state index contributed by atoms with van der Waals surface area (Å²) >= 11 is 5.08. The maximum atomic E-state index is 13.2. The first-order valence-electron chi connectivity index (χ1n) is 12.8. The van der Waals surface area contributed by atoms with E-state index in [2.05, 4.69) is 24.3 Å². The Kier molecular flexibility index (Phi) is 12.5. The molecule has 0 aliphatic rings. The van der Waals surface area contributed by atoms with Gasteiger partial charge in [0.05, 0.1) is 9.79 Å². The third-order valence-electron chi connectivity index (χ3n) is 6.01. The van der Waals surface area contributed by atoms with E-state index in [0.717, 1.165) is 14.7 Å². The number of aryl methyl sites for hydroxylation is 2. The van der Waals surface area contributed by atoms with Gasteiger partial charge in [-0.2, -0.15) is 43.2 Å². The average Bonchev–Trinajstić information content (AvgIpc) is 2.96. The maximum Gasteiger partial charge on any atom is 0.420 e. The van der Waals surface area contributed by atoms with Gasteiger partial charge in [0.25, 0.3) is 20.2 Å². The molecule has 4 aromatic rings. The van der Waals surface area contributed by atoms with Gasteiger partial charge in [0.2, 0.25) is 0 Å². The van der Waals surface area contributed by atoms with Crippen molar-refractivity contribution in [3.05, 3.63) is 127 Å². The topological polar surface area (TPSA) is 86.7 Å². The van der Waals surface area contributed by atoms with Crippen molar-refractivity contribution in [2.75, 3.05) is 0 Å². The molecule has 0 saturated carbocycles. The lowest BCUT2D eigenvalue weighted by Crippen LogP contribution is -2.26. The first-order chi connectivity index (χ1) is 21.2. The van der Waals surface area contributed by atoms with Crippen LogP contribution in [-0.2, 0) is 28.6 Å². The largest absolute Gasteiger partial charge is 0.420 e. The summed E-state index contributed by atoms with van der Waals surface area (Å²) in [6, 6.07) is 21.2. The van der Waals surface area contributed by atoms with Crippen LogP contribution < -0.4 is 0 Å². The minimum Gasteiger partial charge on any atom is -0.248 e. The van der Waals surface area contributed by atoms with Gasteiger partial charge in [-0.25, -0.2) is 8.37 Å². The second kappa shape index (κ2) is 15.1. The highest BCUT2D eigenvalue weighted by Crippen LogP contribution is 2.39. The highest BCUT2D eigenvalue weighted by molar-refractivity contribution is 14.1. The van der Waals surface area contributed by atoms with E-state index in [1.54, 1.807) is 13.8 Å². The van der Waals surface area contributed by atoms with Crippen molar-refractivity contribution in [3.8, 4) is 0 Å². The van der Waals surface area contributed by atoms with Crippen LogP contribution in [0.3, 0.4) is 0 Å². The van der Waals surface area contributed by atoms with Gasteiger partial charge in [0.15, 0.2) is 12.2 Å². The van der Waals surface area contributed by atoms with E-state index >= 15 is 0 Å². The van der Waals surface area contributed by atoms with Gasteiger partial charge >= 0.3 is 12.4 Å². The smallest absolute Gasteiger partial charge is 0.248 e. The van der Waals surface area contributed by atoms with E-state index in [0.29, 0.717) is 4.47 Å². The second-order valence-corrected chi connectivity index (χ2v) is 15.0. The molecule has 0 amide bonds.